The van der Waals surface area contributed by atoms with Crippen molar-refractivity contribution in [2.24, 2.45) is 0 Å². The first-order valence-electron chi connectivity index (χ1n) is 7.86. The predicted octanol–water partition coefficient (Wildman–Crippen LogP) is 4.46. The van der Waals surface area contributed by atoms with E-state index in [-0.39, 0.29) is 5.82 Å². The summed E-state index contributed by atoms with van der Waals surface area (Å²) in [6, 6.07) is 14.1. The van der Waals surface area contributed by atoms with Crippen molar-refractivity contribution in [2.75, 3.05) is 5.32 Å². The summed E-state index contributed by atoms with van der Waals surface area (Å²) < 4.78 is 18.0. The van der Waals surface area contributed by atoms with Gasteiger partial charge in [0, 0.05) is 18.8 Å². The second-order valence-corrected chi connectivity index (χ2v) is 6.53. The van der Waals surface area contributed by atoms with Gasteiger partial charge in [-0.1, -0.05) is 24.3 Å². The Bertz CT molecular complexity index is 661. The van der Waals surface area contributed by atoms with Crippen molar-refractivity contribution >= 4 is 11.8 Å². The average molecular weight is 330 g/mol. The van der Waals surface area contributed by atoms with E-state index in [4.69, 9.17) is 4.74 Å². The van der Waals surface area contributed by atoms with Crippen molar-refractivity contribution in [2.45, 2.75) is 39.5 Å². The summed E-state index contributed by atoms with van der Waals surface area (Å²) in [5.41, 5.74) is 2.44. The molecule has 5 heteroatoms. The Morgan fingerprint density at radius 2 is 1.50 bits per heavy atom. The van der Waals surface area contributed by atoms with Crippen molar-refractivity contribution < 1.29 is 13.9 Å². The zero-order valence-corrected chi connectivity index (χ0v) is 14.2. The Morgan fingerprint density at radius 1 is 0.958 bits per heavy atom. The molecule has 0 saturated carbocycles. The lowest BCUT2D eigenvalue weighted by Crippen LogP contribution is -2.32. The Hall–Kier alpha value is -2.56. The number of anilines is 1. The van der Waals surface area contributed by atoms with Crippen LogP contribution in [-0.4, -0.2) is 11.7 Å². The number of alkyl carbamates (subject to hydrolysis) is 1. The average Bonchev–Trinajstić information content (AvgIpc) is 2.52. The van der Waals surface area contributed by atoms with Crippen LogP contribution in [0.4, 0.5) is 14.9 Å². The normalized spacial score (nSPS) is 11.0. The van der Waals surface area contributed by atoms with Crippen LogP contribution in [0.15, 0.2) is 48.5 Å². The van der Waals surface area contributed by atoms with Crippen molar-refractivity contribution in [1.82, 2.24) is 5.32 Å². The SMILES string of the molecule is CC(C)(C)OC(=O)NCc1ccc(NCc2ccc(F)cc2)cc1. The van der Waals surface area contributed by atoms with E-state index in [1.807, 2.05) is 45.0 Å². The Morgan fingerprint density at radius 3 is 2.08 bits per heavy atom. The van der Waals surface area contributed by atoms with Gasteiger partial charge in [0.1, 0.15) is 11.4 Å². The molecule has 0 spiro atoms. The molecule has 0 aliphatic rings. The molecule has 0 unspecified atom stereocenters. The van der Waals surface area contributed by atoms with Crippen molar-refractivity contribution in [1.29, 1.82) is 0 Å². The minimum atomic E-state index is -0.502. The molecule has 2 N–H and O–H groups in total. The van der Waals surface area contributed by atoms with Gasteiger partial charge < -0.3 is 15.4 Å². The molecule has 0 aromatic heterocycles. The zero-order valence-electron chi connectivity index (χ0n) is 14.2. The molecule has 2 aromatic rings. The van der Waals surface area contributed by atoms with Gasteiger partial charge in [0.25, 0.3) is 0 Å². The molecule has 0 fully saturated rings. The van der Waals surface area contributed by atoms with Crippen molar-refractivity contribution in [3.05, 3.63) is 65.5 Å². The van der Waals surface area contributed by atoms with Crippen LogP contribution in [0.3, 0.4) is 0 Å². The van der Waals surface area contributed by atoms with Crippen molar-refractivity contribution in [3.8, 4) is 0 Å². The predicted molar refractivity (Wildman–Crippen MR) is 93.2 cm³/mol. The topological polar surface area (TPSA) is 50.4 Å². The van der Waals surface area contributed by atoms with E-state index in [1.165, 1.54) is 12.1 Å². The summed E-state index contributed by atoms with van der Waals surface area (Å²) >= 11 is 0. The number of carbonyl (C=O) groups is 1. The molecule has 0 radical (unpaired) electrons. The van der Waals surface area contributed by atoms with Gasteiger partial charge in [0.15, 0.2) is 0 Å². The van der Waals surface area contributed by atoms with Gasteiger partial charge >= 0.3 is 6.09 Å². The Labute approximate surface area is 142 Å². The maximum atomic E-state index is 12.9. The first kappa shape index (κ1) is 17.8. The van der Waals surface area contributed by atoms with Crippen LogP contribution in [0, 0.1) is 5.82 Å². The van der Waals surface area contributed by atoms with Gasteiger partial charge in [-0.05, 0) is 56.2 Å². The van der Waals surface area contributed by atoms with Crippen LogP contribution in [0.25, 0.3) is 0 Å². The van der Waals surface area contributed by atoms with Crippen LogP contribution >= 0.6 is 0 Å². The number of amides is 1. The third-order valence-corrected chi connectivity index (χ3v) is 3.20. The van der Waals surface area contributed by atoms with Crippen LogP contribution in [0.2, 0.25) is 0 Å². The third kappa shape index (κ3) is 6.28. The third-order valence-electron chi connectivity index (χ3n) is 3.20. The highest BCUT2D eigenvalue weighted by Crippen LogP contribution is 2.12. The molecule has 0 aliphatic heterocycles. The van der Waals surface area contributed by atoms with Gasteiger partial charge in [-0.15, -0.1) is 0 Å². The fraction of sp³-hybridized carbons (Fsp3) is 0.316. The number of benzene rings is 2. The number of halogens is 1. The molecule has 24 heavy (non-hydrogen) atoms. The smallest absolute Gasteiger partial charge is 0.407 e. The molecule has 0 bridgehead atoms. The number of rotatable bonds is 5. The molecule has 2 aromatic carbocycles. The van der Waals surface area contributed by atoms with Gasteiger partial charge in [-0.2, -0.15) is 0 Å². The highest BCUT2D eigenvalue weighted by atomic mass is 19.1. The van der Waals surface area contributed by atoms with Gasteiger partial charge in [0.05, 0.1) is 0 Å². The first-order chi connectivity index (χ1) is 11.3. The lowest BCUT2D eigenvalue weighted by Gasteiger charge is -2.19. The lowest BCUT2D eigenvalue weighted by atomic mass is 10.2. The summed E-state index contributed by atoms with van der Waals surface area (Å²) in [5, 5.41) is 5.99. The molecular formula is C19H23FN2O2. The fourth-order valence-electron chi connectivity index (χ4n) is 2.04. The van der Waals surface area contributed by atoms with E-state index in [0.717, 1.165) is 16.8 Å². The largest absolute Gasteiger partial charge is 0.444 e. The van der Waals surface area contributed by atoms with Crippen LogP contribution in [0.1, 0.15) is 31.9 Å². The van der Waals surface area contributed by atoms with Gasteiger partial charge in [-0.25, -0.2) is 9.18 Å². The molecule has 1 amide bonds. The van der Waals surface area contributed by atoms with E-state index in [1.54, 1.807) is 12.1 Å². The zero-order chi connectivity index (χ0) is 17.6. The molecule has 4 nitrogen and oxygen atoms in total. The van der Waals surface area contributed by atoms with Crippen molar-refractivity contribution in [3.63, 3.8) is 0 Å². The van der Waals surface area contributed by atoms with Crippen LogP contribution in [0.5, 0.6) is 0 Å². The van der Waals surface area contributed by atoms with E-state index < -0.39 is 11.7 Å². The van der Waals surface area contributed by atoms with E-state index in [2.05, 4.69) is 10.6 Å². The maximum Gasteiger partial charge on any atom is 0.407 e. The van der Waals surface area contributed by atoms with Crippen LogP contribution < -0.4 is 10.6 Å². The highest BCUT2D eigenvalue weighted by molar-refractivity contribution is 5.67. The standard InChI is InChI=1S/C19H23FN2O2/c1-19(2,3)24-18(23)22-13-15-6-10-17(11-7-15)21-12-14-4-8-16(20)9-5-14/h4-11,21H,12-13H2,1-3H3,(H,22,23). The summed E-state index contributed by atoms with van der Waals surface area (Å²) in [4.78, 5) is 11.6. The summed E-state index contributed by atoms with van der Waals surface area (Å²) in [5.74, 6) is -0.236. The number of carbonyl (C=O) groups excluding carboxylic acids is 1. The van der Waals surface area contributed by atoms with Gasteiger partial charge in [-0.3, -0.25) is 0 Å². The molecule has 0 atom stereocenters. The molecule has 0 heterocycles. The molecule has 128 valence electrons. The number of ether oxygens (including phenoxy) is 1. The van der Waals surface area contributed by atoms with E-state index in [0.29, 0.717) is 13.1 Å². The van der Waals surface area contributed by atoms with Crippen LogP contribution in [-0.2, 0) is 17.8 Å². The fourth-order valence-corrected chi connectivity index (χ4v) is 2.04. The Kier molecular flexibility index (Phi) is 5.79. The van der Waals surface area contributed by atoms with Gasteiger partial charge in [0.2, 0.25) is 0 Å². The second kappa shape index (κ2) is 7.81. The number of hydrogen-bond donors (Lipinski definition) is 2. The summed E-state index contributed by atoms with van der Waals surface area (Å²) in [6.45, 7) is 6.51. The molecule has 0 aliphatic carbocycles. The molecule has 2 rings (SSSR count). The summed E-state index contributed by atoms with van der Waals surface area (Å²) in [6.07, 6.45) is -0.430. The monoisotopic (exact) mass is 330 g/mol. The number of nitrogens with one attached hydrogen (secondary N) is 2. The minimum absolute atomic E-state index is 0.236. The lowest BCUT2D eigenvalue weighted by molar-refractivity contribution is 0.0523. The quantitative estimate of drug-likeness (QED) is 0.851. The number of hydrogen-bond acceptors (Lipinski definition) is 3. The highest BCUT2D eigenvalue weighted by Gasteiger charge is 2.15. The minimum Gasteiger partial charge on any atom is -0.444 e. The molecule has 0 saturated heterocycles. The second-order valence-electron chi connectivity index (χ2n) is 6.53. The molecular weight excluding hydrogens is 307 g/mol. The van der Waals surface area contributed by atoms with E-state index >= 15 is 0 Å². The summed E-state index contributed by atoms with van der Waals surface area (Å²) in [7, 11) is 0. The Balaban J connectivity index is 1.80. The maximum absolute atomic E-state index is 12.9. The first-order valence-corrected chi connectivity index (χ1v) is 7.86. The van der Waals surface area contributed by atoms with E-state index in [9.17, 15) is 9.18 Å².